The van der Waals surface area contributed by atoms with Gasteiger partial charge >= 0.3 is 0 Å². The number of sulfone groups is 1. The fourth-order valence-corrected chi connectivity index (χ4v) is 3.57. The van der Waals surface area contributed by atoms with Crippen molar-refractivity contribution in [3.63, 3.8) is 0 Å². The predicted octanol–water partition coefficient (Wildman–Crippen LogP) is 0.565. The molecule has 2 atom stereocenters. The Hall–Kier alpha value is -1.07. The zero-order valence-corrected chi connectivity index (χ0v) is 9.87. The van der Waals surface area contributed by atoms with E-state index in [0.29, 0.717) is 0 Å². The topological polar surface area (TPSA) is 66.4 Å². The second-order valence-electron chi connectivity index (χ2n) is 4.26. The maximum atomic E-state index is 11.3. The molecule has 0 bridgehead atoms. The second-order valence-corrected chi connectivity index (χ2v) is 6.41. The molecule has 1 aromatic rings. The summed E-state index contributed by atoms with van der Waals surface area (Å²) in [4.78, 5) is 0. The van der Waals surface area contributed by atoms with Crippen molar-refractivity contribution in [2.75, 3.05) is 16.8 Å². The van der Waals surface area contributed by atoms with Crippen molar-refractivity contribution in [1.29, 1.82) is 0 Å². The van der Waals surface area contributed by atoms with Crippen LogP contribution in [0.2, 0.25) is 0 Å². The Morgan fingerprint density at radius 3 is 2.38 bits per heavy atom. The fourth-order valence-electron chi connectivity index (χ4n) is 1.83. The largest absolute Gasteiger partial charge is 0.390 e. The number of hydrogen-bond donors (Lipinski definition) is 2. The minimum Gasteiger partial charge on any atom is -0.390 e. The maximum Gasteiger partial charge on any atom is 0.155 e. The van der Waals surface area contributed by atoms with Gasteiger partial charge in [0.05, 0.1) is 23.7 Å². The van der Waals surface area contributed by atoms with Gasteiger partial charge in [-0.05, 0) is 19.1 Å². The lowest BCUT2D eigenvalue weighted by Gasteiger charge is -2.16. The van der Waals surface area contributed by atoms with E-state index in [1.165, 1.54) is 0 Å². The van der Waals surface area contributed by atoms with Crippen molar-refractivity contribution in [2.45, 2.75) is 19.1 Å². The highest BCUT2D eigenvalue weighted by Gasteiger charge is 2.36. The summed E-state index contributed by atoms with van der Waals surface area (Å²) in [7, 11) is -3.09. The van der Waals surface area contributed by atoms with Crippen molar-refractivity contribution in [3.8, 4) is 0 Å². The van der Waals surface area contributed by atoms with Gasteiger partial charge in [0.1, 0.15) is 0 Å². The first-order chi connectivity index (χ1) is 7.46. The lowest BCUT2D eigenvalue weighted by Crippen LogP contribution is -2.31. The third-order valence-corrected chi connectivity index (χ3v) is 4.44. The van der Waals surface area contributed by atoms with Gasteiger partial charge in [0.15, 0.2) is 9.84 Å². The van der Waals surface area contributed by atoms with E-state index >= 15 is 0 Å². The van der Waals surface area contributed by atoms with Gasteiger partial charge in [-0.1, -0.05) is 17.7 Å². The molecule has 1 heterocycles. The Morgan fingerprint density at radius 2 is 1.88 bits per heavy atom. The Bertz CT molecular complexity index is 467. The van der Waals surface area contributed by atoms with E-state index in [1.807, 2.05) is 31.2 Å². The van der Waals surface area contributed by atoms with Crippen LogP contribution in [0.3, 0.4) is 0 Å². The summed E-state index contributed by atoms with van der Waals surface area (Å²) in [6.45, 7) is 1.98. The predicted molar refractivity (Wildman–Crippen MR) is 63.3 cm³/mol. The molecule has 0 amide bonds. The molecule has 1 aliphatic rings. The molecule has 0 spiro atoms. The zero-order valence-electron chi connectivity index (χ0n) is 9.05. The lowest BCUT2D eigenvalue weighted by atomic mass is 10.2. The molecular formula is C11H15NO3S. The third-order valence-electron chi connectivity index (χ3n) is 2.73. The number of aryl methyl sites for hydroxylation is 1. The lowest BCUT2D eigenvalue weighted by molar-refractivity contribution is 0.190. The van der Waals surface area contributed by atoms with Crippen molar-refractivity contribution >= 4 is 15.5 Å². The highest BCUT2D eigenvalue weighted by Crippen LogP contribution is 2.18. The van der Waals surface area contributed by atoms with Gasteiger partial charge in [-0.15, -0.1) is 0 Å². The van der Waals surface area contributed by atoms with Crippen molar-refractivity contribution in [2.24, 2.45) is 0 Å². The first-order valence-electron chi connectivity index (χ1n) is 5.18. The standard InChI is InChI=1S/C11H15NO3S/c1-8-2-4-9(5-3-8)12-10-6-16(14,15)7-11(10)13/h2-5,10-13H,6-7H2,1H3. The number of aliphatic hydroxyl groups is 1. The molecule has 4 nitrogen and oxygen atoms in total. The molecule has 88 valence electrons. The van der Waals surface area contributed by atoms with Crippen LogP contribution in [0, 0.1) is 6.92 Å². The van der Waals surface area contributed by atoms with Crippen molar-refractivity contribution in [1.82, 2.24) is 0 Å². The van der Waals surface area contributed by atoms with Crippen LogP contribution in [0.15, 0.2) is 24.3 Å². The summed E-state index contributed by atoms with van der Waals surface area (Å²) < 4.78 is 22.6. The summed E-state index contributed by atoms with van der Waals surface area (Å²) in [5.74, 6) is -0.140. The van der Waals surface area contributed by atoms with E-state index in [9.17, 15) is 13.5 Å². The van der Waals surface area contributed by atoms with E-state index < -0.39 is 22.0 Å². The quantitative estimate of drug-likeness (QED) is 0.794. The van der Waals surface area contributed by atoms with E-state index in [0.717, 1.165) is 11.3 Å². The highest BCUT2D eigenvalue weighted by molar-refractivity contribution is 7.91. The molecule has 1 saturated heterocycles. The van der Waals surface area contributed by atoms with Crippen molar-refractivity contribution < 1.29 is 13.5 Å². The molecule has 1 aliphatic heterocycles. The molecule has 2 unspecified atom stereocenters. The first-order valence-corrected chi connectivity index (χ1v) is 7.00. The van der Waals surface area contributed by atoms with E-state index in [2.05, 4.69) is 5.32 Å². The third kappa shape index (κ3) is 2.54. The Labute approximate surface area is 95.2 Å². The minimum absolute atomic E-state index is 0.00203. The van der Waals surface area contributed by atoms with Crippen LogP contribution in [0.4, 0.5) is 5.69 Å². The van der Waals surface area contributed by atoms with Crippen LogP contribution >= 0.6 is 0 Å². The summed E-state index contributed by atoms with van der Waals surface area (Å²) in [5.41, 5.74) is 1.98. The number of nitrogens with one attached hydrogen (secondary N) is 1. The van der Waals surface area contributed by atoms with Gasteiger partial charge in [-0.2, -0.15) is 0 Å². The van der Waals surface area contributed by atoms with E-state index in [1.54, 1.807) is 0 Å². The molecule has 1 aromatic carbocycles. The van der Waals surface area contributed by atoms with Gasteiger partial charge in [0, 0.05) is 5.69 Å². The Kier molecular flexibility index (Phi) is 2.90. The Balaban J connectivity index is 2.08. The van der Waals surface area contributed by atoms with Gasteiger partial charge in [0.25, 0.3) is 0 Å². The number of benzene rings is 1. The molecule has 0 aromatic heterocycles. The number of anilines is 1. The highest BCUT2D eigenvalue weighted by atomic mass is 32.2. The smallest absolute Gasteiger partial charge is 0.155 e. The van der Waals surface area contributed by atoms with Crippen LogP contribution in [-0.4, -0.2) is 37.2 Å². The van der Waals surface area contributed by atoms with Gasteiger partial charge in [-0.25, -0.2) is 8.42 Å². The number of aliphatic hydroxyl groups excluding tert-OH is 1. The van der Waals surface area contributed by atoms with E-state index in [4.69, 9.17) is 0 Å². The van der Waals surface area contributed by atoms with Crippen LogP contribution < -0.4 is 5.32 Å². The van der Waals surface area contributed by atoms with Crippen molar-refractivity contribution in [3.05, 3.63) is 29.8 Å². The van der Waals surface area contributed by atoms with E-state index in [-0.39, 0.29) is 11.5 Å². The van der Waals surface area contributed by atoms with Gasteiger partial charge < -0.3 is 10.4 Å². The second kappa shape index (κ2) is 4.07. The fraction of sp³-hybridized carbons (Fsp3) is 0.455. The summed E-state index contributed by atoms with van der Waals surface area (Å²) in [6.07, 6.45) is -0.814. The summed E-state index contributed by atoms with van der Waals surface area (Å²) >= 11 is 0. The van der Waals surface area contributed by atoms with Crippen LogP contribution in [0.25, 0.3) is 0 Å². The van der Waals surface area contributed by atoms with Gasteiger partial charge in [0.2, 0.25) is 0 Å². The summed E-state index contributed by atoms with van der Waals surface area (Å²) in [6, 6.07) is 7.25. The molecule has 2 N–H and O–H groups in total. The maximum absolute atomic E-state index is 11.3. The Morgan fingerprint density at radius 1 is 1.25 bits per heavy atom. The zero-order chi connectivity index (χ0) is 11.8. The van der Waals surface area contributed by atoms with Crippen LogP contribution in [-0.2, 0) is 9.84 Å². The molecule has 1 fully saturated rings. The molecule has 0 radical (unpaired) electrons. The average Bonchev–Trinajstić information content (AvgIpc) is 2.44. The average molecular weight is 241 g/mol. The minimum atomic E-state index is -3.09. The molecular weight excluding hydrogens is 226 g/mol. The number of rotatable bonds is 2. The normalized spacial score (nSPS) is 27.9. The van der Waals surface area contributed by atoms with Gasteiger partial charge in [-0.3, -0.25) is 0 Å². The molecule has 16 heavy (non-hydrogen) atoms. The molecule has 0 aliphatic carbocycles. The monoisotopic (exact) mass is 241 g/mol. The first kappa shape index (κ1) is 11.4. The summed E-state index contributed by atoms with van der Waals surface area (Å²) in [5, 5.41) is 12.6. The molecule has 0 saturated carbocycles. The SMILES string of the molecule is Cc1ccc(NC2CS(=O)(=O)CC2O)cc1. The molecule has 5 heteroatoms. The van der Waals surface area contributed by atoms with Crippen LogP contribution in [0.1, 0.15) is 5.56 Å². The number of hydrogen-bond acceptors (Lipinski definition) is 4. The molecule has 2 rings (SSSR count). The van der Waals surface area contributed by atoms with Crippen LogP contribution in [0.5, 0.6) is 0 Å².